The van der Waals surface area contributed by atoms with Crippen molar-refractivity contribution in [3.63, 3.8) is 0 Å². The van der Waals surface area contributed by atoms with Crippen molar-refractivity contribution in [2.45, 2.75) is 10.8 Å². The quantitative estimate of drug-likeness (QED) is 0.539. The van der Waals surface area contributed by atoms with Crippen molar-refractivity contribution in [3.8, 4) is 0 Å². The molecule has 0 aliphatic heterocycles. The molecule has 7 aliphatic carbocycles. The average Bonchev–Trinajstić information content (AvgIpc) is 3.18. The normalized spacial score (nSPS) is 76.3. The molecule has 0 aromatic carbocycles. The van der Waals surface area contributed by atoms with Crippen molar-refractivity contribution < 1.29 is 9.53 Å². The van der Waals surface area contributed by atoms with Gasteiger partial charge in [0.05, 0.1) is 12.5 Å². The van der Waals surface area contributed by atoms with E-state index in [-0.39, 0.29) is 16.8 Å². The molecule has 0 aromatic heterocycles. The molecule has 90 valence electrons. The summed E-state index contributed by atoms with van der Waals surface area (Å²) in [6.45, 7) is 0. The van der Waals surface area contributed by atoms with E-state index in [1.807, 2.05) is 0 Å². The number of halogens is 2. The number of carbonyl (C=O) groups excluding carboxylic acids is 1. The summed E-state index contributed by atoms with van der Waals surface area (Å²) in [4.78, 5) is 12.1. The monoisotopic (exact) mass is 270 g/mol. The molecule has 0 radical (unpaired) electrons. The predicted octanol–water partition coefficient (Wildman–Crippen LogP) is 2.09. The lowest BCUT2D eigenvalue weighted by molar-refractivity contribution is -0.148. The Hall–Kier alpha value is 0.0500. The summed E-state index contributed by atoms with van der Waals surface area (Å²) >= 11 is 12.8. The fraction of sp³-hybridized carbons (Fsp3) is 0.923. The third-order valence-corrected chi connectivity index (χ3v) is 8.44. The topological polar surface area (TPSA) is 26.3 Å². The number of alkyl halides is 2. The van der Waals surface area contributed by atoms with Crippen LogP contribution in [0.15, 0.2) is 0 Å². The molecule has 0 amide bonds. The van der Waals surface area contributed by atoms with E-state index in [1.54, 1.807) is 0 Å². The smallest absolute Gasteiger partial charge is 0.312 e. The van der Waals surface area contributed by atoms with Crippen molar-refractivity contribution in [2.24, 2.45) is 52.3 Å². The molecule has 17 heavy (non-hydrogen) atoms. The second-order valence-electron chi connectivity index (χ2n) is 7.13. The molecule has 2 nitrogen and oxygen atoms in total. The van der Waals surface area contributed by atoms with Crippen LogP contribution in [0.2, 0.25) is 0 Å². The van der Waals surface area contributed by atoms with Crippen molar-refractivity contribution in [1.29, 1.82) is 0 Å². The number of carbonyl (C=O) groups is 1. The highest BCUT2D eigenvalue weighted by Gasteiger charge is 3.08. The molecular weight excluding hydrogens is 259 g/mol. The van der Waals surface area contributed by atoms with Gasteiger partial charge in [0.1, 0.15) is 4.33 Å². The third kappa shape index (κ3) is 0.507. The van der Waals surface area contributed by atoms with Gasteiger partial charge in [0.2, 0.25) is 0 Å². The summed E-state index contributed by atoms with van der Waals surface area (Å²) < 4.78 is 4.61. The van der Waals surface area contributed by atoms with Crippen LogP contribution in [0.1, 0.15) is 6.42 Å². The van der Waals surface area contributed by atoms with Gasteiger partial charge >= 0.3 is 5.97 Å². The average molecular weight is 271 g/mol. The van der Waals surface area contributed by atoms with Crippen LogP contribution >= 0.6 is 23.2 Å². The van der Waals surface area contributed by atoms with E-state index < -0.39 is 4.33 Å². The Morgan fingerprint density at radius 2 is 1.65 bits per heavy atom. The van der Waals surface area contributed by atoms with E-state index in [2.05, 4.69) is 0 Å². The summed E-state index contributed by atoms with van der Waals surface area (Å²) in [5, 5.41) is 0. The van der Waals surface area contributed by atoms with Crippen LogP contribution in [-0.2, 0) is 9.53 Å². The minimum Gasteiger partial charge on any atom is -0.469 e. The van der Waals surface area contributed by atoms with E-state index in [4.69, 9.17) is 27.9 Å². The molecule has 7 rings (SSSR count). The standard InChI is InChI=1S/C13H12Cl2O2/c1-17-10(16)13-5-3-4(5)7-9(13)8(13)6(3)11(7)2-12(11,14)15/h3-9H,2H2,1H3. The second kappa shape index (κ2) is 1.87. The van der Waals surface area contributed by atoms with Gasteiger partial charge in [-0.2, -0.15) is 0 Å². The van der Waals surface area contributed by atoms with Gasteiger partial charge in [-0.1, -0.05) is 0 Å². The predicted molar refractivity (Wildman–Crippen MR) is 60.4 cm³/mol. The maximum atomic E-state index is 12.1. The maximum absolute atomic E-state index is 12.1. The van der Waals surface area contributed by atoms with Gasteiger partial charge in [-0.15, -0.1) is 23.2 Å². The van der Waals surface area contributed by atoms with E-state index in [9.17, 15) is 4.79 Å². The van der Waals surface area contributed by atoms with Gasteiger partial charge in [0, 0.05) is 5.41 Å². The minimum absolute atomic E-state index is 0.0584. The first kappa shape index (κ1) is 9.03. The van der Waals surface area contributed by atoms with Crippen LogP contribution in [0.3, 0.4) is 0 Å². The first-order valence-corrected chi connectivity index (χ1v) is 7.27. The SMILES string of the molecule is COC(=O)C12C3C4C3C3C1C2C4C31CC1(Cl)Cl. The first-order chi connectivity index (χ1) is 8.05. The first-order valence-electron chi connectivity index (χ1n) is 6.51. The van der Waals surface area contributed by atoms with Crippen LogP contribution in [0.4, 0.5) is 0 Å². The van der Waals surface area contributed by atoms with Crippen LogP contribution in [0.25, 0.3) is 0 Å². The molecule has 7 aliphatic rings. The number of ether oxygens (including phenoxy) is 1. The number of hydrogen-bond acceptors (Lipinski definition) is 2. The molecule has 7 fully saturated rings. The Morgan fingerprint density at radius 1 is 1.12 bits per heavy atom. The van der Waals surface area contributed by atoms with Crippen LogP contribution in [0, 0.1) is 52.3 Å². The van der Waals surface area contributed by atoms with Crippen LogP contribution in [0.5, 0.6) is 0 Å². The fourth-order valence-corrected chi connectivity index (χ4v) is 8.48. The summed E-state index contributed by atoms with van der Waals surface area (Å²) in [7, 11) is 1.53. The zero-order valence-corrected chi connectivity index (χ0v) is 10.8. The second-order valence-corrected chi connectivity index (χ2v) is 8.61. The van der Waals surface area contributed by atoms with Gasteiger partial charge in [-0.05, 0) is 47.8 Å². The molecule has 0 N–H and O–H groups in total. The highest BCUT2D eigenvalue weighted by atomic mass is 35.5. The lowest BCUT2D eigenvalue weighted by Gasteiger charge is -2.21. The molecule has 0 heterocycles. The Morgan fingerprint density at radius 3 is 2.06 bits per heavy atom. The number of hydrogen-bond donors (Lipinski definition) is 0. The van der Waals surface area contributed by atoms with Crippen molar-refractivity contribution >= 4 is 29.2 Å². The maximum Gasteiger partial charge on any atom is 0.312 e. The minimum atomic E-state index is -0.472. The van der Waals surface area contributed by atoms with E-state index >= 15 is 0 Å². The molecular formula is C13H12Cl2O2. The van der Waals surface area contributed by atoms with Gasteiger partial charge in [0.25, 0.3) is 0 Å². The largest absolute Gasteiger partial charge is 0.469 e. The van der Waals surface area contributed by atoms with Crippen molar-refractivity contribution in [1.82, 2.24) is 0 Å². The molecule has 2 bridgehead atoms. The van der Waals surface area contributed by atoms with Gasteiger partial charge < -0.3 is 4.74 Å². The highest BCUT2D eigenvalue weighted by Crippen LogP contribution is 3.08. The van der Waals surface area contributed by atoms with Crippen molar-refractivity contribution in [2.75, 3.05) is 7.11 Å². The highest BCUT2D eigenvalue weighted by molar-refractivity contribution is 6.51. The Kier molecular flexibility index (Phi) is 0.996. The molecule has 4 heteroatoms. The lowest BCUT2D eigenvalue weighted by atomic mass is 9.86. The van der Waals surface area contributed by atoms with Crippen molar-refractivity contribution in [3.05, 3.63) is 0 Å². The van der Waals surface area contributed by atoms with E-state index in [1.165, 1.54) is 7.11 Å². The third-order valence-electron chi connectivity index (χ3n) is 7.47. The molecule has 7 saturated carbocycles. The molecule has 6 unspecified atom stereocenters. The van der Waals surface area contributed by atoms with Gasteiger partial charge in [-0.25, -0.2) is 0 Å². The summed E-state index contributed by atoms with van der Waals surface area (Å²) in [5.41, 5.74) is 0.155. The van der Waals surface area contributed by atoms with E-state index in [0.717, 1.165) is 18.3 Å². The summed E-state index contributed by atoms with van der Waals surface area (Å²) in [6, 6.07) is 0. The Labute approximate surface area is 109 Å². The lowest BCUT2D eigenvalue weighted by Crippen LogP contribution is -2.25. The molecule has 6 atom stereocenters. The molecule has 0 saturated heterocycles. The van der Waals surface area contributed by atoms with Crippen LogP contribution in [-0.4, -0.2) is 17.4 Å². The van der Waals surface area contributed by atoms with Gasteiger partial charge in [0.15, 0.2) is 0 Å². The zero-order chi connectivity index (χ0) is 11.5. The zero-order valence-electron chi connectivity index (χ0n) is 9.32. The number of rotatable bonds is 1. The van der Waals surface area contributed by atoms with E-state index in [0.29, 0.717) is 29.6 Å². The molecule has 1 spiro atoms. The Bertz CT molecular complexity index is 504. The molecule has 0 aromatic rings. The summed E-state index contributed by atoms with van der Waals surface area (Å²) in [6.07, 6.45) is 0.975. The van der Waals surface area contributed by atoms with Gasteiger partial charge in [-0.3, -0.25) is 4.79 Å². The fourth-order valence-electron chi connectivity index (χ4n) is 7.53. The number of methoxy groups -OCH3 is 1. The van der Waals surface area contributed by atoms with Crippen LogP contribution < -0.4 is 0 Å². The number of esters is 1. The summed E-state index contributed by atoms with van der Waals surface area (Å²) in [5.74, 6) is 4.74. The Balaban J connectivity index is 1.54.